The molecule has 11 heavy (non-hydrogen) atoms. The molecule has 0 radical (unpaired) electrons. The third kappa shape index (κ3) is 2.15. The van der Waals surface area contributed by atoms with Crippen molar-refractivity contribution < 1.29 is 9.50 Å². The molecule has 62 valence electrons. The van der Waals surface area contributed by atoms with Gasteiger partial charge in [0.2, 0.25) is 0 Å². The minimum atomic E-state index is -0.859. The molecule has 0 bridgehead atoms. The summed E-state index contributed by atoms with van der Waals surface area (Å²) < 4.78 is 12.5. The topological polar surface area (TPSA) is 20.2 Å². The zero-order valence-corrected chi connectivity index (χ0v) is 6.63. The Labute approximate surface area is 66.2 Å². The van der Waals surface area contributed by atoms with E-state index >= 15 is 0 Å². The normalized spacial score (nSPS) is 26.5. The minimum Gasteiger partial charge on any atom is -0.388 e. The Morgan fingerprint density at radius 3 is 3.00 bits per heavy atom. The lowest BCUT2D eigenvalue weighted by atomic mass is 10.00. The number of rotatable bonds is 2. The Morgan fingerprint density at radius 1 is 1.82 bits per heavy atom. The summed E-state index contributed by atoms with van der Waals surface area (Å²) in [5, 5.41) is 9.33. The molecule has 0 aliphatic heterocycles. The molecule has 0 amide bonds. The SMILES string of the molecule is CCC(O)C1=CCC(F)C=C1. The molecule has 0 fully saturated rings. The second-order valence-electron chi connectivity index (χ2n) is 2.74. The van der Waals surface area contributed by atoms with Gasteiger partial charge in [-0.3, -0.25) is 0 Å². The summed E-state index contributed by atoms with van der Waals surface area (Å²) in [5.41, 5.74) is 0.849. The van der Waals surface area contributed by atoms with E-state index in [0.29, 0.717) is 12.8 Å². The summed E-state index contributed by atoms with van der Waals surface area (Å²) in [6, 6.07) is 0. The van der Waals surface area contributed by atoms with E-state index in [9.17, 15) is 9.50 Å². The van der Waals surface area contributed by atoms with Crippen LogP contribution in [0.5, 0.6) is 0 Å². The Hall–Kier alpha value is -0.630. The number of allylic oxidation sites excluding steroid dienone is 2. The van der Waals surface area contributed by atoms with Crippen molar-refractivity contribution in [3.05, 3.63) is 23.8 Å². The van der Waals surface area contributed by atoms with Gasteiger partial charge in [-0.2, -0.15) is 0 Å². The number of aliphatic hydroxyl groups excluding tert-OH is 1. The summed E-state index contributed by atoms with van der Waals surface area (Å²) in [4.78, 5) is 0. The highest BCUT2D eigenvalue weighted by Gasteiger charge is 2.11. The fourth-order valence-electron chi connectivity index (χ4n) is 1.09. The molecule has 1 aliphatic carbocycles. The van der Waals surface area contributed by atoms with Crippen LogP contribution in [-0.2, 0) is 0 Å². The summed E-state index contributed by atoms with van der Waals surface area (Å²) >= 11 is 0. The number of alkyl halides is 1. The van der Waals surface area contributed by atoms with Crippen molar-refractivity contribution in [3.8, 4) is 0 Å². The van der Waals surface area contributed by atoms with Gasteiger partial charge in [-0.05, 0) is 12.0 Å². The molecule has 1 rings (SSSR count). The van der Waals surface area contributed by atoms with Crippen molar-refractivity contribution in [2.45, 2.75) is 32.0 Å². The third-order valence-corrected chi connectivity index (χ3v) is 1.85. The van der Waals surface area contributed by atoms with E-state index in [1.54, 1.807) is 12.2 Å². The van der Waals surface area contributed by atoms with Gasteiger partial charge in [-0.1, -0.05) is 25.2 Å². The van der Waals surface area contributed by atoms with Crippen molar-refractivity contribution in [3.63, 3.8) is 0 Å². The Balaban J connectivity index is 2.55. The van der Waals surface area contributed by atoms with Crippen molar-refractivity contribution in [1.29, 1.82) is 0 Å². The molecule has 1 aliphatic rings. The molecule has 0 heterocycles. The maximum absolute atomic E-state index is 12.5. The van der Waals surface area contributed by atoms with Crippen LogP contribution in [0.25, 0.3) is 0 Å². The standard InChI is InChI=1S/C9H13FO/c1-2-9(11)7-3-5-8(10)6-4-7/h3-5,8-9,11H,2,6H2,1H3. The Bertz CT molecular complexity index is 184. The second kappa shape index (κ2) is 3.67. The van der Waals surface area contributed by atoms with E-state index < -0.39 is 12.3 Å². The lowest BCUT2D eigenvalue weighted by Crippen LogP contribution is -2.10. The lowest BCUT2D eigenvalue weighted by Gasteiger charge is -2.13. The van der Waals surface area contributed by atoms with Gasteiger partial charge in [0, 0.05) is 6.42 Å². The average molecular weight is 156 g/mol. The largest absolute Gasteiger partial charge is 0.388 e. The number of hydrogen-bond donors (Lipinski definition) is 1. The predicted octanol–water partition coefficient (Wildman–Crippen LogP) is 1.98. The van der Waals surface area contributed by atoms with Crippen molar-refractivity contribution in [2.24, 2.45) is 0 Å². The predicted molar refractivity (Wildman–Crippen MR) is 43.0 cm³/mol. The number of hydrogen-bond acceptors (Lipinski definition) is 1. The van der Waals surface area contributed by atoms with Crippen LogP contribution >= 0.6 is 0 Å². The Morgan fingerprint density at radius 2 is 2.55 bits per heavy atom. The molecule has 2 heteroatoms. The van der Waals surface area contributed by atoms with Gasteiger partial charge < -0.3 is 5.11 Å². The van der Waals surface area contributed by atoms with E-state index in [4.69, 9.17) is 0 Å². The van der Waals surface area contributed by atoms with Crippen LogP contribution in [0.2, 0.25) is 0 Å². The van der Waals surface area contributed by atoms with Gasteiger partial charge >= 0.3 is 0 Å². The molecule has 2 unspecified atom stereocenters. The molecular weight excluding hydrogens is 143 g/mol. The summed E-state index contributed by atoms with van der Waals surface area (Å²) in [7, 11) is 0. The molecule has 0 aromatic heterocycles. The molecule has 0 saturated carbocycles. The van der Waals surface area contributed by atoms with Crippen molar-refractivity contribution in [1.82, 2.24) is 0 Å². The van der Waals surface area contributed by atoms with Gasteiger partial charge in [-0.25, -0.2) is 4.39 Å². The van der Waals surface area contributed by atoms with Gasteiger partial charge in [0.1, 0.15) is 6.17 Å². The van der Waals surface area contributed by atoms with Crippen molar-refractivity contribution >= 4 is 0 Å². The molecule has 1 N–H and O–H groups in total. The minimum absolute atomic E-state index is 0.406. The Kier molecular flexibility index (Phi) is 2.83. The lowest BCUT2D eigenvalue weighted by molar-refractivity contribution is 0.208. The monoisotopic (exact) mass is 156 g/mol. The van der Waals surface area contributed by atoms with E-state index in [-0.39, 0.29) is 0 Å². The summed E-state index contributed by atoms with van der Waals surface area (Å²) in [6.07, 6.45) is 4.74. The fourth-order valence-corrected chi connectivity index (χ4v) is 1.09. The fraction of sp³-hybridized carbons (Fsp3) is 0.556. The van der Waals surface area contributed by atoms with Crippen LogP contribution in [0.15, 0.2) is 23.8 Å². The maximum Gasteiger partial charge on any atom is 0.122 e. The molecule has 0 aromatic carbocycles. The first-order valence-corrected chi connectivity index (χ1v) is 3.94. The summed E-state index contributed by atoms with van der Waals surface area (Å²) in [6.45, 7) is 1.90. The van der Waals surface area contributed by atoms with Crippen LogP contribution in [-0.4, -0.2) is 17.4 Å². The molecular formula is C9H13FO. The van der Waals surface area contributed by atoms with Gasteiger partial charge in [-0.15, -0.1) is 0 Å². The first-order valence-electron chi connectivity index (χ1n) is 3.94. The average Bonchev–Trinajstić information content (AvgIpc) is 2.05. The zero-order chi connectivity index (χ0) is 8.27. The van der Waals surface area contributed by atoms with Gasteiger partial charge in [0.05, 0.1) is 6.10 Å². The first kappa shape index (κ1) is 8.47. The summed E-state index contributed by atoms with van der Waals surface area (Å²) in [5.74, 6) is 0. The second-order valence-corrected chi connectivity index (χ2v) is 2.74. The smallest absolute Gasteiger partial charge is 0.122 e. The maximum atomic E-state index is 12.5. The van der Waals surface area contributed by atoms with E-state index in [1.807, 2.05) is 6.92 Å². The number of aliphatic hydroxyl groups is 1. The van der Waals surface area contributed by atoms with E-state index in [2.05, 4.69) is 0 Å². The van der Waals surface area contributed by atoms with Crippen LogP contribution in [0.3, 0.4) is 0 Å². The van der Waals surface area contributed by atoms with E-state index in [0.717, 1.165) is 5.57 Å². The van der Waals surface area contributed by atoms with Gasteiger partial charge in [0.15, 0.2) is 0 Å². The van der Waals surface area contributed by atoms with Crippen molar-refractivity contribution in [2.75, 3.05) is 0 Å². The zero-order valence-electron chi connectivity index (χ0n) is 6.63. The molecule has 1 nitrogen and oxygen atoms in total. The highest BCUT2D eigenvalue weighted by atomic mass is 19.1. The number of halogens is 1. The van der Waals surface area contributed by atoms with Gasteiger partial charge in [0.25, 0.3) is 0 Å². The van der Waals surface area contributed by atoms with Crippen LogP contribution in [0.4, 0.5) is 4.39 Å². The molecule has 2 atom stereocenters. The molecule has 0 saturated heterocycles. The molecule has 0 spiro atoms. The quantitative estimate of drug-likeness (QED) is 0.648. The van der Waals surface area contributed by atoms with Crippen LogP contribution in [0.1, 0.15) is 19.8 Å². The first-order chi connectivity index (χ1) is 5.24. The molecule has 0 aromatic rings. The van der Waals surface area contributed by atoms with E-state index in [1.165, 1.54) is 6.08 Å². The highest BCUT2D eigenvalue weighted by molar-refractivity contribution is 5.27. The van der Waals surface area contributed by atoms with Crippen LogP contribution in [0, 0.1) is 0 Å². The van der Waals surface area contributed by atoms with Crippen LogP contribution < -0.4 is 0 Å². The third-order valence-electron chi connectivity index (χ3n) is 1.85. The highest BCUT2D eigenvalue weighted by Crippen LogP contribution is 2.17.